The second-order valence-corrected chi connectivity index (χ2v) is 4.54. The Balaban J connectivity index is 2.09. The Kier molecular flexibility index (Phi) is 3.63. The Morgan fingerprint density at radius 1 is 0.875 bits per heavy atom. The van der Waals surface area contributed by atoms with Crippen molar-refractivity contribution in [2.45, 2.75) is 16.2 Å². The van der Waals surface area contributed by atoms with Gasteiger partial charge in [0.1, 0.15) is 0 Å². The van der Waals surface area contributed by atoms with Crippen LogP contribution >= 0.6 is 11.8 Å². The molecule has 0 radical (unpaired) electrons. The molecule has 0 aliphatic heterocycles. The first-order valence-electron chi connectivity index (χ1n) is 5.07. The van der Waals surface area contributed by atoms with Crippen molar-refractivity contribution in [2.24, 2.45) is 0 Å². The molecule has 0 spiro atoms. The monoisotopic (exact) mass is 225 g/mol. The summed E-state index contributed by atoms with van der Waals surface area (Å²) in [5.74, 6) is 0. The van der Waals surface area contributed by atoms with Crippen molar-refractivity contribution in [1.82, 2.24) is 0 Å². The largest absolute Gasteiger partial charge is 0.198 e. The number of hydrogen-bond acceptors (Lipinski definition) is 2. The van der Waals surface area contributed by atoms with E-state index in [0.717, 1.165) is 5.56 Å². The minimum Gasteiger partial charge on any atom is -0.198 e. The highest BCUT2D eigenvalue weighted by Crippen LogP contribution is 2.27. The molecule has 0 unspecified atom stereocenters. The summed E-state index contributed by atoms with van der Waals surface area (Å²) in [6.45, 7) is 0. The van der Waals surface area contributed by atoms with Crippen LogP contribution < -0.4 is 0 Å². The molecule has 0 N–H and O–H groups in total. The van der Waals surface area contributed by atoms with Gasteiger partial charge in [0.2, 0.25) is 0 Å². The minimum absolute atomic E-state index is 0.482. The van der Waals surface area contributed by atoms with Crippen molar-refractivity contribution < 1.29 is 0 Å². The van der Waals surface area contributed by atoms with Crippen LogP contribution in [0.4, 0.5) is 0 Å². The molecule has 0 fully saturated rings. The minimum atomic E-state index is 0.482. The zero-order chi connectivity index (χ0) is 11.2. The van der Waals surface area contributed by atoms with Gasteiger partial charge < -0.3 is 0 Å². The third kappa shape index (κ3) is 2.88. The number of benzene rings is 2. The predicted molar refractivity (Wildman–Crippen MR) is 66.3 cm³/mol. The summed E-state index contributed by atoms with van der Waals surface area (Å²) >= 11 is 1.73. The first kappa shape index (κ1) is 10.8. The second kappa shape index (κ2) is 5.39. The van der Waals surface area contributed by atoms with E-state index in [1.54, 1.807) is 11.8 Å². The number of rotatable bonds is 3. The van der Waals surface area contributed by atoms with Crippen molar-refractivity contribution in [3.05, 3.63) is 60.2 Å². The lowest BCUT2D eigenvalue weighted by molar-refractivity contribution is 1.24. The zero-order valence-electron chi connectivity index (χ0n) is 8.76. The van der Waals surface area contributed by atoms with Gasteiger partial charge in [0.25, 0.3) is 0 Å². The van der Waals surface area contributed by atoms with Gasteiger partial charge in [0.05, 0.1) is 12.5 Å². The lowest BCUT2D eigenvalue weighted by atomic mass is 10.2. The van der Waals surface area contributed by atoms with Crippen molar-refractivity contribution in [2.75, 3.05) is 0 Å². The lowest BCUT2D eigenvalue weighted by Gasteiger charge is -2.01. The van der Waals surface area contributed by atoms with Gasteiger partial charge in [0, 0.05) is 9.79 Å². The predicted octanol–water partition coefficient (Wildman–Crippen LogP) is 3.90. The average molecular weight is 225 g/mol. The Labute approximate surface area is 99.7 Å². The lowest BCUT2D eigenvalue weighted by Crippen LogP contribution is -1.80. The van der Waals surface area contributed by atoms with Gasteiger partial charge in [-0.25, -0.2) is 0 Å². The van der Waals surface area contributed by atoms with E-state index >= 15 is 0 Å². The Hall–Kier alpha value is -1.72. The van der Waals surface area contributed by atoms with Gasteiger partial charge >= 0.3 is 0 Å². The van der Waals surface area contributed by atoms with E-state index in [9.17, 15) is 0 Å². The molecule has 0 heterocycles. The summed E-state index contributed by atoms with van der Waals surface area (Å²) < 4.78 is 0. The van der Waals surface area contributed by atoms with E-state index in [-0.39, 0.29) is 0 Å². The SMILES string of the molecule is N#CCc1ccc(Sc2ccccc2)cc1. The van der Waals surface area contributed by atoms with Crippen LogP contribution in [0.25, 0.3) is 0 Å². The first-order valence-corrected chi connectivity index (χ1v) is 5.89. The average Bonchev–Trinajstić information content (AvgIpc) is 2.33. The molecule has 0 saturated heterocycles. The molecule has 78 valence electrons. The molecule has 0 bridgehead atoms. The summed E-state index contributed by atoms with van der Waals surface area (Å²) in [4.78, 5) is 2.43. The third-order valence-corrected chi connectivity index (χ3v) is 3.20. The van der Waals surface area contributed by atoms with E-state index in [1.807, 2.05) is 30.3 Å². The summed E-state index contributed by atoms with van der Waals surface area (Å²) in [7, 11) is 0. The topological polar surface area (TPSA) is 23.8 Å². The summed E-state index contributed by atoms with van der Waals surface area (Å²) in [5, 5.41) is 8.57. The summed E-state index contributed by atoms with van der Waals surface area (Å²) in [6, 6.07) is 20.5. The highest BCUT2D eigenvalue weighted by molar-refractivity contribution is 7.99. The smallest absolute Gasteiger partial charge is 0.0669 e. The fourth-order valence-electron chi connectivity index (χ4n) is 1.39. The van der Waals surface area contributed by atoms with E-state index < -0.39 is 0 Å². The highest BCUT2D eigenvalue weighted by atomic mass is 32.2. The quantitative estimate of drug-likeness (QED) is 0.791. The van der Waals surface area contributed by atoms with Crippen LogP contribution in [0, 0.1) is 11.3 Å². The molecule has 0 atom stereocenters. The van der Waals surface area contributed by atoms with Crippen LogP contribution in [0.1, 0.15) is 5.56 Å². The molecule has 0 aliphatic rings. The van der Waals surface area contributed by atoms with Crippen molar-refractivity contribution in [3.8, 4) is 6.07 Å². The van der Waals surface area contributed by atoms with Crippen LogP contribution in [0.2, 0.25) is 0 Å². The first-order chi connectivity index (χ1) is 7.88. The molecular formula is C14H11NS. The van der Waals surface area contributed by atoms with Crippen LogP contribution in [-0.2, 0) is 6.42 Å². The molecule has 0 aliphatic carbocycles. The van der Waals surface area contributed by atoms with Gasteiger partial charge in [0.15, 0.2) is 0 Å². The highest BCUT2D eigenvalue weighted by Gasteiger charge is 1.97. The molecule has 1 nitrogen and oxygen atoms in total. The maximum atomic E-state index is 8.57. The zero-order valence-corrected chi connectivity index (χ0v) is 9.58. The van der Waals surface area contributed by atoms with Crippen LogP contribution in [0.3, 0.4) is 0 Å². The van der Waals surface area contributed by atoms with Crippen molar-refractivity contribution in [3.63, 3.8) is 0 Å². The normalized spacial score (nSPS) is 9.69. The van der Waals surface area contributed by atoms with Gasteiger partial charge in [-0.3, -0.25) is 0 Å². The van der Waals surface area contributed by atoms with Crippen LogP contribution in [-0.4, -0.2) is 0 Å². The van der Waals surface area contributed by atoms with Crippen LogP contribution in [0.5, 0.6) is 0 Å². The number of nitriles is 1. The molecule has 2 rings (SSSR count). The molecule has 2 aromatic rings. The standard InChI is InChI=1S/C14H11NS/c15-11-10-12-6-8-14(9-7-12)16-13-4-2-1-3-5-13/h1-9H,10H2. The van der Waals surface area contributed by atoms with Gasteiger partial charge in [-0.1, -0.05) is 42.1 Å². The van der Waals surface area contributed by atoms with Crippen molar-refractivity contribution >= 4 is 11.8 Å². The fourth-order valence-corrected chi connectivity index (χ4v) is 2.23. The molecular weight excluding hydrogens is 214 g/mol. The Morgan fingerprint density at radius 3 is 2.12 bits per heavy atom. The molecule has 2 aromatic carbocycles. The Morgan fingerprint density at radius 2 is 1.50 bits per heavy atom. The Bertz CT molecular complexity index is 482. The third-order valence-electron chi connectivity index (χ3n) is 2.19. The van der Waals surface area contributed by atoms with Gasteiger partial charge in [-0.05, 0) is 29.8 Å². The molecule has 2 heteroatoms. The fraction of sp³-hybridized carbons (Fsp3) is 0.0714. The summed E-state index contributed by atoms with van der Waals surface area (Å²) in [5.41, 5.74) is 1.07. The molecule has 0 saturated carbocycles. The van der Waals surface area contributed by atoms with E-state index in [4.69, 9.17) is 5.26 Å². The number of nitrogens with zero attached hydrogens (tertiary/aromatic N) is 1. The van der Waals surface area contributed by atoms with E-state index in [1.165, 1.54) is 9.79 Å². The molecule has 0 aromatic heterocycles. The molecule has 16 heavy (non-hydrogen) atoms. The van der Waals surface area contributed by atoms with E-state index in [0.29, 0.717) is 6.42 Å². The second-order valence-electron chi connectivity index (χ2n) is 3.39. The summed E-state index contributed by atoms with van der Waals surface area (Å²) in [6.07, 6.45) is 0.482. The number of hydrogen-bond donors (Lipinski definition) is 0. The maximum absolute atomic E-state index is 8.57. The maximum Gasteiger partial charge on any atom is 0.0669 e. The van der Waals surface area contributed by atoms with Gasteiger partial charge in [-0.2, -0.15) is 5.26 Å². The van der Waals surface area contributed by atoms with Crippen LogP contribution in [0.15, 0.2) is 64.4 Å². The molecule has 0 amide bonds. The van der Waals surface area contributed by atoms with Gasteiger partial charge in [-0.15, -0.1) is 0 Å². The van der Waals surface area contributed by atoms with Crippen molar-refractivity contribution in [1.29, 1.82) is 5.26 Å². The van der Waals surface area contributed by atoms with E-state index in [2.05, 4.69) is 30.3 Å².